The fourth-order valence-corrected chi connectivity index (χ4v) is 8.80. The van der Waals surface area contributed by atoms with Crippen LogP contribution in [0.15, 0.2) is 25.3 Å². The van der Waals surface area contributed by atoms with E-state index in [1.54, 1.807) is 33.7 Å². The van der Waals surface area contributed by atoms with E-state index in [0.29, 0.717) is 19.6 Å². The molecule has 0 aromatic heterocycles. The van der Waals surface area contributed by atoms with Gasteiger partial charge in [0.25, 0.3) is 0 Å². The Morgan fingerprint density at radius 3 is 2.39 bits per heavy atom. The fraction of sp³-hybridized carbons (Fsp3) is 0.750. The van der Waals surface area contributed by atoms with E-state index in [1.165, 1.54) is 0 Å². The molecule has 0 aromatic carbocycles. The van der Waals surface area contributed by atoms with Crippen LogP contribution in [0.3, 0.4) is 0 Å². The molecule has 202 valence electrons. The first-order valence-electron chi connectivity index (χ1n) is 13.6. The summed E-state index contributed by atoms with van der Waals surface area (Å²) in [6, 6.07) is -1.23. The van der Waals surface area contributed by atoms with E-state index < -0.39 is 28.7 Å². The van der Waals surface area contributed by atoms with Gasteiger partial charge in [-0.2, -0.15) is 0 Å². The van der Waals surface area contributed by atoms with Crippen LogP contribution in [-0.2, 0) is 14.4 Å². The highest BCUT2D eigenvalue weighted by atomic mass is 32.2. The number of aliphatic hydroxyl groups excluding tert-OH is 1. The molecular formula is C28H45N3O4S. The first kappa shape index (κ1) is 28.8. The van der Waals surface area contributed by atoms with Gasteiger partial charge in [0.15, 0.2) is 0 Å². The molecule has 2 bridgehead atoms. The zero-order chi connectivity index (χ0) is 26.8. The molecule has 2 unspecified atom stereocenters. The highest BCUT2D eigenvalue weighted by molar-refractivity contribution is 8.02. The molecule has 36 heavy (non-hydrogen) atoms. The Labute approximate surface area is 221 Å². The number of hydrogen-bond donors (Lipinski definition) is 1. The van der Waals surface area contributed by atoms with Crippen molar-refractivity contribution >= 4 is 29.5 Å². The Hall–Kier alpha value is -1.80. The second-order valence-electron chi connectivity index (χ2n) is 10.9. The van der Waals surface area contributed by atoms with Crippen LogP contribution in [0.25, 0.3) is 0 Å². The number of nitrogens with zero attached hydrogens (tertiary/aromatic N) is 3. The molecule has 0 aromatic rings. The number of hydrogen-bond acceptors (Lipinski definition) is 5. The van der Waals surface area contributed by atoms with Crippen molar-refractivity contribution in [3.63, 3.8) is 0 Å². The van der Waals surface area contributed by atoms with Crippen LogP contribution in [0, 0.1) is 17.8 Å². The zero-order valence-electron chi connectivity index (χ0n) is 22.7. The molecule has 0 radical (unpaired) electrons. The van der Waals surface area contributed by atoms with Gasteiger partial charge in [0.1, 0.15) is 6.04 Å². The van der Waals surface area contributed by atoms with Crippen molar-refractivity contribution in [1.29, 1.82) is 0 Å². The third-order valence-electron chi connectivity index (χ3n) is 8.49. The minimum absolute atomic E-state index is 0.00174. The number of likely N-dealkylation sites (tertiary alicyclic amines) is 1. The number of thioether (sulfide) groups is 1. The summed E-state index contributed by atoms with van der Waals surface area (Å²) in [5.74, 6) is -1.23. The SMILES string of the molecule is C=CCN(CCC)C(=O)[C@@H]1[C@H]2C(=O)N([C@@H](CO)[C@@H](C)CC)C(C(=O)N(CC=C)C(C)C)C23CC[C@H]1S3. The summed E-state index contributed by atoms with van der Waals surface area (Å²) in [7, 11) is 0. The molecule has 3 aliphatic heterocycles. The molecule has 3 saturated heterocycles. The van der Waals surface area contributed by atoms with Crippen molar-refractivity contribution in [2.45, 2.75) is 88.4 Å². The highest BCUT2D eigenvalue weighted by Crippen LogP contribution is 2.67. The first-order chi connectivity index (χ1) is 17.1. The Balaban J connectivity index is 2.12. The molecule has 7 atom stereocenters. The maximum absolute atomic E-state index is 14.3. The minimum atomic E-state index is -0.699. The van der Waals surface area contributed by atoms with Gasteiger partial charge in [-0.15, -0.1) is 24.9 Å². The average Bonchev–Trinajstić information content (AvgIpc) is 3.49. The normalized spacial score (nSPS) is 30.3. The van der Waals surface area contributed by atoms with Crippen molar-refractivity contribution in [2.75, 3.05) is 26.2 Å². The van der Waals surface area contributed by atoms with Crippen molar-refractivity contribution in [2.24, 2.45) is 17.8 Å². The monoisotopic (exact) mass is 519 g/mol. The maximum Gasteiger partial charge on any atom is 0.247 e. The fourth-order valence-electron chi connectivity index (χ4n) is 6.60. The van der Waals surface area contributed by atoms with Gasteiger partial charge in [-0.3, -0.25) is 14.4 Å². The van der Waals surface area contributed by atoms with Gasteiger partial charge in [-0.25, -0.2) is 0 Å². The highest BCUT2D eigenvalue weighted by Gasteiger charge is 2.74. The average molecular weight is 520 g/mol. The zero-order valence-corrected chi connectivity index (χ0v) is 23.5. The molecule has 8 heteroatoms. The summed E-state index contributed by atoms with van der Waals surface area (Å²) in [6.07, 6.45) is 6.59. The molecule has 3 aliphatic rings. The van der Waals surface area contributed by atoms with Crippen LogP contribution >= 0.6 is 11.8 Å². The van der Waals surface area contributed by atoms with Gasteiger partial charge in [0.05, 0.1) is 29.2 Å². The lowest BCUT2D eigenvalue weighted by Crippen LogP contribution is -2.59. The second-order valence-corrected chi connectivity index (χ2v) is 12.5. The van der Waals surface area contributed by atoms with Crippen molar-refractivity contribution in [3.8, 4) is 0 Å². The Morgan fingerprint density at radius 1 is 1.19 bits per heavy atom. The quantitative estimate of drug-likeness (QED) is 0.378. The van der Waals surface area contributed by atoms with E-state index in [4.69, 9.17) is 0 Å². The van der Waals surface area contributed by atoms with Crippen LogP contribution in [-0.4, -0.2) is 91.9 Å². The van der Waals surface area contributed by atoms with Gasteiger partial charge < -0.3 is 19.8 Å². The molecule has 1 spiro atoms. The van der Waals surface area contributed by atoms with Crippen LogP contribution in [0.1, 0.15) is 60.3 Å². The molecule has 0 saturated carbocycles. The van der Waals surface area contributed by atoms with Gasteiger partial charge in [0, 0.05) is 30.9 Å². The van der Waals surface area contributed by atoms with Gasteiger partial charge in [-0.05, 0) is 39.0 Å². The lowest BCUT2D eigenvalue weighted by Gasteiger charge is -2.42. The standard InChI is InChI=1S/C28H45N3O4S/c1-8-14-29(15-9-2)25(33)22-21-12-13-28(36-21)23(22)26(34)31(20(17-32)19(7)11-4)24(28)27(35)30(16-10-3)18(5)6/h8,10,18-24,32H,1,3,9,11-17H2,2,4-7H3/t19-,20-,21+,22-,23-,24?,28?/m0/s1. The summed E-state index contributed by atoms with van der Waals surface area (Å²) >= 11 is 1.69. The Bertz CT molecular complexity index is 864. The summed E-state index contributed by atoms with van der Waals surface area (Å²) < 4.78 is -0.652. The van der Waals surface area contributed by atoms with Crippen molar-refractivity contribution < 1.29 is 19.5 Å². The van der Waals surface area contributed by atoms with Crippen LogP contribution in [0.5, 0.6) is 0 Å². The third-order valence-corrected chi connectivity index (χ3v) is 10.4. The summed E-state index contributed by atoms with van der Waals surface area (Å²) in [5.41, 5.74) is 0. The second kappa shape index (κ2) is 11.7. The minimum Gasteiger partial charge on any atom is -0.394 e. The number of carbonyl (C=O) groups excluding carboxylic acids is 3. The molecule has 3 amide bonds. The van der Waals surface area contributed by atoms with E-state index in [9.17, 15) is 19.5 Å². The summed E-state index contributed by atoms with van der Waals surface area (Å²) in [4.78, 5) is 47.8. The smallest absolute Gasteiger partial charge is 0.247 e. The largest absolute Gasteiger partial charge is 0.394 e. The Kier molecular flexibility index (Phi) is 9.36. The molecule has 3 rings (SSSR count). The van der Waals surface area contributed by atoms with Gasteiger partial charge >= 0.3 is 0 Å². The summed E-state index contributed by atoms with van der Waals surface area (Å²) in [5, 5.41) is 10.5. The first-order valence-corrected chi connectivity index (χ1v) is 14.4. The Morgan fingerprint density at radius 2 is 1.86 bits per heavy atom. The lowest BCUT2D eigenvalue weighted by molar-refractivity contribution is -0.148. The van der Waals surface area contributed by atoms with Crippen LogP contribution in [0.4, 0.5) is 0 Å². The molecule has 7 nitrogen and oxygen atoms in total. The van der Waals surface area contributed by atoms with Crippen molar-refractivity contribution in [3.05, 3.63) is 25.3 Å². The predicted octanol–water partition coefficient (Wildman–Crippen LogP) is 3.33. The molecule has 1 N–H and O–H groups in total. The number of fused-ring (bicyclic) bond motifs is 1. The maximum atomic E-state index is 14.3. The van der Waals surface area contributed by atoms with Crippen LogP contribution in [0.2, 0.25) is 0 Å². The van der Waals surface area contributed by atoms with E-state index >= 15 is 0 Å². The number of aliphatic hydroxyl groups is 1. The molecule has 0 aliphatic carbocycles. The van der Waals surface area contributed by atoms with Gasteiger partial charge in [0.2, 0.25) is 17.7 Å². The molecular weight excluding hydrogens is 474 g/mol. The van der Waals surface area contributed by atoms with E-state index in [2.05, 4.69) is 13.2 Å². The third kappa shape index (κ3) is 4.64. The van der Waals surface area contributed by atoms with Gasteiger partial charge in [-0.1, -0.05) is 39.3 Å². The summed E-state index contributed by atoms with van der Waals surface area (Å²) in [6.45, 7) is 19.0. The lowest BCUT2D eigenvalue weighted by atomic mass is 9.70. The van der Waals surface area contributed by atoms with E-state index in [-0.39, 0.29) is 41.5 Å². The molecule has 3 heterocycles. The number of rotatable bonds is 13. The van der Waals surface area contributed by atoms with Crippen molar-refractivity contribution in [1.82, 2.24) is 14.7 Å². The number of carbonyl (C=O) groups is 3. The number of amides is 3. The van der Waals surface area contributed by atoms with E-state index in [1.807, 2.05) is 39.5 Å². The topological polar surface area (TPSA) is 81.2 Å². The predicted molar refractivity (Wildman–Crippen MR) is 145 cm³/mol. The molecule has 3 fully saturated rings. The van der Waals surface area contributed by atoms with E-state index in [0.717, 1.165) is 25.7 Å². The van der Waals surface area contributed by atoms with Crippen LogP contribution < -0.4 is 0 Å².